The Labute approximate surface area is 76.6 Å². The Morgan fingerprint density at radius 2 is 2.38 bits per heavy atom. The monoisotopic (exact) mass is 176 g/mol. The molecule has 0 unspecified atom stereocenters. The van der Waals surface area contributed by atoms with Gasteiger partial charge in [0.05, 0.1) is 6.20 Å². The van der Waals surface area contributed by atoms with Gasteiger partial charge in [-0.3, -0.25) is 0 Å². The number of aryl methyl sites for hydroxylation is 1. The zero-order chi connectivity index (χ0) is 9.26. The van der Waals surface area contributed by atoms with Crippen LogP contribution in [0.25, 0.3) is 5.65 Å². The van der Waals surface area contributed by atoms with Crippen molar-refractivity contribution in [2.45, 2.75) is 13.8 Å². The average Bonchev–Trinajstić information content (AvgIpc) is 2.50. The molecule has 0 radical (unpaired) electrons. The molecule has 0 aliphatic heterocycles. The highest BCUT2D eigenvalue weighted by Crippen LogP contribution is 2.11. The third kappa shape index (κ3) is 1.24. The van der Waals surface area contributed by atoms with Gasteiger partial charge < -0.3 is 5.32 Å². The number of fused-ring (bicyclic) bond motifs is 1. The van der Waals surface area contributed by atoms with E-state index >= 15 is 0 Å². The summed E-state index contributed by atoms with van der Waals surface area (Å²) < 4.78 is 1.82. The molecular weight excluding hydrogens is 164 g/mol. The Morgan fingerprint density at radius 3 is 3.15 bits per heavy atom. The van der Waals surface area contributed by atoms with Gasteiger partial charge in [0.25, 0.3) is 0 Å². The van der Waals surface area contributed by atoms with Gasteiger partial charge in [-0.2, -0.15) is 9.61 Å². The summed E-state index contributed by atoms with van der Waals surface area (Å²) in [6, 6.07) is 1.92. The Balaban J connectivity index is 2.63. The molecule has 0 fully saturated rings. The number of anilines is 1. The number of hydrogen-bond acceptors (Lipinski definition) is 3. The fourth-order valence-electron chi connectivity index (χ4n) is 1.32. The van der Waals surface area contributed by atoms with E-state index in [0.717, 1.165) is 23.6 Å². The predicted molar refractivity (Wildman–Crippen MR) is 51.9 cm³/mol. The Bertz CT molecular complexity index is 418. The summed E-state index contributed by atoms with van der Waals surface area (Å²) in [4.78, 5) is 4.24. The number of nitrogens with zero attached hydrogens (tertiary/aromatic N) is 3. The Hall–Kier alpha value is -1.58. The fraction of sp³-hybridized carbons (Fsp3) is 0.333. The van der Waals surface area contributed by atoms with Crippen molar-refractivity contribution in [2.75, 3.05) is 11.9 Å². The SMILES string of the molecule is CCNc1ccnc2c(C)cnn12. The van der Waals surface area contributed by atoms with Crippen LogP contribution < -0.4 is 5.32 Å². The largest absolute Gasteiger partial charge is 0.370 e. The molecule has 1 N–H and O–H groups in total. The second-order valence-corrected chi connectivity index (χ2v) is 2.92. The zero-order valence-electron chi connectivity index (χ0n) is 7.78. The van der Waals surface area contributed by atoms with Crippen molar-refractivity contribution in [3.05, 3.63) is 24.0 Å². The maximum atomic E-state index is 4.24. The molecule has 4 nitrogen and oxygen atoms in total. The van der Waals surface area contributed by atoms with E-state index in [4.69, 9.17) is 0 Å². The van der Waals surface area contributed by atoms with Crippen LogP contribution in [0.2, 0.25) is 0 Å². The van der Waals surface area contributed by atoms with Crippen LogP contribution in [-0.4, -0.2) is 21.1 Å². The van der Waals surface area contributed by atoms with Crippen molar-refractivity contribution in [3.8, 4) is 0 Å². The molecule has 0 bridgehead atoms. The van der Waals surface area contributed by atoms with E-state index in [1.165, 1.54) is 0 Å². The molecular formula is C9H12N4. The first-order chi connectivity index (χ1) is 6.33. The molecule has 4 heteroatoms. The van der Waals surface area contributed by atoms with Crippen molar-refractivity contribution in [3.63, 3.8) is 0 Å². The molecule has 0 saturated heterocycles. The van der Waals surface area contributed by atoms with Crippen LogP contribution in [0.1, 0.15) is 12.5 Å². The standard InChI is InChI=1S/C9H12N4/c1-3-10-8-4-5-11-9-7(2)6-12-13(8)9/h4-6,10H,3H2,1-2H3. The highest BCUT2D eigenvalue weighted by atomic mass is 15.3. The van der Waals surface area contributed by atoms with Gasteiger partial charge in [-0.15, -0.1) is 0 Å². The highest BCUT2D eigenvalue weighted by molar-refractivity contribution is 5.51. The second-order valence-electron chi connectivity index (χ2n) is 2.92. The van der Waals surface area contributed by atoms with E-state index in [1.54, 1.807) is 6.20 Å². The second kappa shape index (κ2) is 3.05. The van der Waals surface area contributed by atoms with Crippen molar-refractivity contribution >= 4 is 11.5 Å². The lowest BCUT2D eigenvalue weighted by Gasteiger charge is -2.04. The van der Waals surface area contributed by atoms with Crippen LogP contribution in [0.3, 0.4) is 0 Å². The zero-order valence-corrected chi connectivity index (χ0v) is 7.78. The molecule has 2 rings (SSSR count). The van der Waals surface area contributed by atoms with Crippen molar-refractivity contribution in [1.82, 2.24) is 14.6 Å². The molecule has 0 spiro atoms. The van der Waals surface area contributed by atoms with Crippen LogP contribution in [-0.2, 0) is 0 Å². The van der Waals surface area contributed by atoms with Crippen molar-refractivity contribution in [2.24, 2.45) is 0 Å². The molecule has 13 heavy (non-hydrogen) atoms. The maximum Gasteiger partial charge on any atom is 0.160 e. The molecule has 0 aliphatic rings. The van der Waals surface area contributed by atoms with Gasteiger partial charge in [0.15, 0.2) is 5.65 Å². The minimum Gasteiger partial charge on any atom is -0.370 e. The van der Waals surface area contributed by atoms with Crippen LogP contribution in [0.5, 0.6) is 0 Å². The van der Waals surface area contributed by atoms with Crippen molar-refractivity contribution < 1.29 is 0 Å². The third-order valence-corrected chi connectivity index (χ3v) is 1.94. The van der Waals surface area contributed by atoms with Crippen LogP contribution in [0, 0.1) is 6.92 Å². The van der Waals surface area contributed by atoms with Gasteiger partial charge in [0.2, 0.25) is 0 Å². The first-order valence-electron chi connectivity index (χ1n) is 4.36. The molecule has 0 amide bonds. The van der Waals surface area contributed by atoms with E-state index in [-0.39, 0.29) is 0 Å². The lowest BCUT2D eigenvalue weighted by atomic mass is 10.4. The molecule has 2 aromatic rings. The Kier molecular flexibility index (Phi) is 1.88. The quantitative estimate of drug-likeness (QED) is 0.753. The van der Waals surface area contributed by atoms with E-state index in [9.17, 15) is 0 Å². The molecule has 68 valence electrons. The highest BCUT2D eigenvalue weighted by Gasteiger charge is 2.03. The summed E-state index contributed by atoms with van der Waals surface area (Å²) in [5, 5.41) is 7.45. The van der Waals surface area contributed by atoms with Gasteiger partial charge in [0.1, 0.15) is 5.82 Å². The first kappa shape index (κ1) is 8.04. The summed E-state index contributed by atoms with van der Waals surface area (Å²) in [5.41, 5.74) is 2.01. The number of rotatable bonds is 2. The lowest BCUT2D eigenvalue weighted by Crippen LogP contribution is -2.04. The molecule has 0 aliphatic carbocycles. The van der Waals surface area contributed by atoms with Gasteiger partial charge in [-0.1, -0.05) is 0 Å². The normalized spacial score (nSPS) is 10.6. The minimum absolute atomic E-state index is 0.887. The average molecular weight is 176 g/mol. The van der Waals surface area contributed by atoms with Crippen LogP contribution in [0.15, 0.2) is 18.5 Å². The van der Waals surface area contributed by atoms with Crippen LogP contribution >= 0.6 is 0 Å². The van der Waals surface area contributed by atoms with Gasteiger partial charge in [0, 0.05) is 18.3 Å². The molecule has 0 aromatic carbocycles. The molecule has 2 aromatic heterocycles. The minimum atomic E-state index is 0.887. The third-order valence-electron chi connectivity index (χ3n) is 1.94. The smallest absolute Gasteiger partial charge is 0.160 e. The predicted octanol–water partition coefficient (Wildman–Crippen LogP) is 1.47. The molecule has 0 atom stereocenters. The summed E-state index contributed by atoms with van der Waals surface area (Å²) in [7, 11) is 0. The topological polar surface area (TPSA) is 42.2 Å². The van der Waals surface area contributed by atoms with E-state index in [0.29, 0.717) is 0 Å². The van der Waals surface area contributed by atoms with E-state index in [2.05, 4.69) is 22.3 Å². The number of nitrogens with one attached hydrogen (secondary N) is 1. The van der Waals surface area contributed by atoms with Gasteiger partial charge >= 0.3 is 0 Å². The van der Waals surface area contributed by atoms with Crippen LogP contribution in [0.4, 0.5) is 5.82 Å². The number of hydrogen-bond donors (Lipinski definition) is 1. The molecule has 2 heterocycles. The van der Waals surface area contributed by atoms with Crippen molar-refractivity contribution in [1.29, 1.82) is 0 Å². The lowest BCUT2D eigenvalue weighted by molar-refractivity contribution is 0.932. The summed E-state index contributed by atoms with van der Waals surface area (Å²) in [6.07, 6.45) is 3.62. The van der Waals surface area contributed by atoms with Gasteiger partial charge in [-0.05, 0) is 19.9 Å². The van der Waals surface area contributed by atoms with E-state index < -0.39 is 0 Å². The van der Waals surface area contributed by atoms with E-state index in [1.807, 2.05) is 23.7 Å². The first-order valence-corrected chi connectivity index (χ1v) is 4.36. The summed E-state index contributed by atoms with van der Waals surface area (Å²) in [6.45, 7) is 4.95. The maximum absolute atomic E-state index is 4.24. The van der Waals surface area contributed by atoms with Gasteiger partial charge in [-0.25, -0.2) is 4.98 Å². The summed E-state index contributed by atoms with van der Waals surface area (Å²) in [5.74, 6) is 0.987. The fourth-order valence-corrected chi connectivity index (χ4v) is 1.32. The molecule has 0 saturated carbocycles. The summed E-state index contributed by atoms with van der Waals surface area (Å²) >= 11 is 0. The Morgan fingerprint density at radius 1 is 1.54 bits per heavy atom. The number of aromatic nitrogens is 3.